The molecule has 0 amide bonds. The van der Waals surface area contributed by atoms with E-state index in [-0.39, 0.29) is 0 Å². The molecular formula is C18H30N2O. The minimum absolute atomic E-state index is 0.643. The van der Waals surface area contributed by atoms with Crippen molar-refractivity contribution in [1.29, 1.82) is 0 Å². The maximum absolute atomic E-state index is 5.66. The van der Waals surface area contributed by atoms with Crippen molar-refractivity contribution in [2.45, 2.75) is 52.5 Å². The fourth-order valence-corrected chi connectivity index (χ4v) is 3.08. The zero-order valence-electron chi connectivity index (χ0n) is 13.8. The molecule has 1 aromatic carbocycles. The Bertz CT molecular complexity index is 433. The summed E-state index contributed by atoms with van der Waals surface area (Å²) in [6, 6.07) is 7.25. The monoisotopic (exact) mass is 290 g/mol. The Kier molecular flexibility index (Phi) is 6.37. The van der Waals surface area contributed by atoms with Crippen LogP contribution in [0.15, 0.2) is 18.2 Å². The summed E-state index contributed by atoms with van der Waals surface area (Å²) in [5.41, 5.74) is 2.57. The molecule has 3 heteroatoms. The lowest BCUT2D eigenvalue weighted by molar-refractivity contribution is 0.196. The Morgan fingerprint density at radius 3 is 2.86 bits per heavy atom. The van der Waals surface area contributed by atoms with E-state index in [1.807, 2.05) is 0 Å². The topological polar surface area (TPSA) is 24.5 Å². The highest BCUT2D eigenvalue weighted by Gasteiger charge is 2.17. The second kappa shape index (κ2) is 8.28. The Labute approximate surface area is 129 Å². The molecule has 118 valence electrons. The maximum atomic E-state index is 5.66. The van der Waals surface area contributed by atoms with Crippen molar-refractivity contribution in [3.8, 4) is 5.75 Å². The SMILES string of the molecule is CCCCN(CC)C(CC)Cc1ccc2c(c1)NCCO2. The number of nitrogens with zero attached hydrogens (tertiary/aromatic N) is 1. The highest BCUT2D eigenvalue weighted by molar-refractivity contribution is 5.59. The number of anilines is 1. The van der Waals surface area contributed by atoms with E-state index in [0.29, 0.717) is 6.04 Å². The molecule has 21 heavy (non-hydrogen) atoms. The van der Waals surface area contributed by atoms with Crippen molar-refractivity contribution in [3.05, 3.63) is 23.8 Å². The standard InChI is InChI=1S/C18H30N2O/c1-4-7-11-20(6-3)16(5-2)13-15-8-9-18-17(14-15)19-10-12-21-18/h8-9,14,16,19H,4-7,10-13H2,1-3H3. The second-order valence-corrected chi connectivity index (χ2v) is 5.85. The van der Waals surface area contributed by atoms with E-state index in [0.717, 1.165) is 37.6 Å². The first kappa shape index (κ1) is 16.2. The Balaban J connectivity index is 2.03. The third-order valence-corrected chi connectivity index (χ3v) is 4.38. The van der Waals surface area contributed by atoms with Gasteiger partial charge in [-0.2, -0.15) is 0 Å². The number of ether oxygens (including phenoxy) is 1. The summed E-state index contributed by atoms with van der Waals surface area (Å²) in [5, 5.41) is 3.43. The summed E-state index contributed by atoms with van der Waals surface area (Å²) in [4.78, 5) is 2.63. The van der Waals surface area contributed by atoms with Gasteiger partial charge in [0.1, 0.15) is 12.4 Å². The van der Waals surface area contributed by atoms with E-state index in [1.54, 1.807) is 0 Å². The summed E-state index contributed by atoms with van der Waals surface area (Å²) in [6.07, 6.45) is 4.90. The van der Waals surface area contributed by atoms with Gasteiger partial charge in [0, 0.05) is 12.6 Å². The third-order valence-electron chi connectivity index (χ3n) is 4.38. The van der Waals surface area contributed by atoms with E-state index in [1.165, 1.54) is 31.4 Å². The number of hydrogen-bond acceptors (Lipinski definition) is 3. The van der Waals surface area contributed by atoms with Gasteiger partial charge in [-0.25, -0.2) is 0 Å². The molecule has 0 bridgehead atoms. The van der Waals surface area contributed by atoms with Gasteiger partial charge in [0.2, 0.25) is 0 Å². The predicted molar refractivity (Wildman–Crippen MR) is 90.4 cm³/mol. The molecule has 0 radical (unpaired) electrons. The van der Waals surface area contributed by atoms with Gasteiger partial charge in [-0.1, -0.05) is 33.3 Å². The molecule has 2 rings (SSSR count). The van der Waals surface area contributed by atoms with Crippen LogP contribution in [0.3, 0.4) is 0 Å². The highest BCUT2D eigenvalue weighted by Crippen LogP contribution is 2.29. The van der Waals surface area contributed by atoms with Crippen LogP contribution in [-0.4, -0.2) is 37.2 Å². The first-order chi connectivity index (χ1) is 10.3. The van der Waals surface area contributed by atoms with E-state index in [2.05, 4.69) is 49.2 Å². The number of fused-ring (bicyclic) bond motifs is 1. The molecule has 1 aromatic rings. The number of likely N-dealkylation sites (N-methyl/N-ethyl adjacent to an activating group) is 1. The van der Waals surface area contributed by atoms with Gasteiger partial charge in [-0.05, 0) is 50.0 Å². The van der Waals surface area contributed by atoms with Crippen LogP contribution in [0.25, 0.3) is 0 Å². The molecular weight excluding hydrogens is 260 g/mol. The molecule has 1 aliphatic rings. The van der Waals surface area contributed by atoms with Crippen LogP contribution in [0, 0.1) is 0 Å². The van der Waals surface area contributed by atoms with Gasteiger partial charge in [0.25, 0.3) is 0 Å². The van der Waals surface area contributed by atoms with Gasteiger partial charge in [0.15, 0.2) is 0 Å². The first-order valence-corrected chi connectivity index (χ1v) is 8.52. The maximum Gasteiger partial charge on any atom is 0.142 e. The number of nitrogens with one attached hydrogen (secondary N) is 1. The fraction of sp³-hybridized carbons (Fsp3) is 0.667. The summed E-state index contributed by atoms with van der Waals surface area (Å²) < 4.78 is 5.66. The number of hydrogen-bond donors (Lipinski definition) is 1. The van der Waals surface area contributed by atoms with Crippen LogP contribution in [0.4, 0.5) is 5.69 Å². The van der Waals surface area contributed by atoms with Crippen LogP contribution in [-0.2, 0) is 6.42 Å². The molecule has 0 saturated carbocycles. The smallest absolute Gasteiger partial charge is 0.142 e. The predicted octanol–water partition coefficient (Wildman–Crippen LogP) is 3.93. The molecule has 3 nitrogen and oxygen atoms in total. The van der Waals surface area contributed by atoms with Crippen LogP contribution < -0.4 is 10.1 Å². The minimum Gasteiger partial charge on any atom is -0.490 e. The highest BCUT2D eigenvalue weighted by atomic mass is 16.5. The van der Waals surface area contributed by atoms with Crippen molar-refractivity contribution in [1.82, 2.24) is 4.90 Å². The summed E-state index contributed by atoms with van der Waals surface area (Å²) >= 11 is 0. The number of unbranched alkanes of at least 4 members (excludes halogenated alkanes) is 1. The lowest BCUT2D eigenvalue weighted by Gasteiger charge is -2.30. The molecule has 0 fully saturated rings. The van der Waals surface area contributed by atoms with Gasteiger partial charge in [-0.15, -0.1) is 0 Å². The molecule has 1 unspecified atom stereocenters. The molecule has 0 aromatic heterocycles. The summed E-state index contributed by atoms with van der Waals surface area (Å²) in [6.45, 7) is 10.9. The second-order valence-electron chi connectivity index (χ2n) is 5.85. The van der Waals surface area contributed by atoms with Gasteiger partial charge in [-0.3, -0.25) is 0 Å². The quantitative estimate of drug-likeness (QED) is 0.785. The van der Waals surface area contributed by atoms with Crippen LogP contribution in [0.2, 0.25) is 0 Å². The first-order valence-electron chi connectivity index (χ1n) is 8.52. The third kappa shape index (κ3) is 4.37. The fourth-order valence-electron chi connectivity index (χ4n) is 3.08. The van der Waals surface area contributed by atoms with E-state index in [9.17, 15) is 0 Å². The summed E-state index contributed by atoms with van der Waals surface area (Å²) in [5.74, 6) is 0.997. The zero-order chi connectivity index (χ0) is 15.1. The van der Waals surface area contributed by atoms with E-state index < -0.39 is 0 Å². The van der Waals surface area contributed by atoms with E-state index in [4.69, 9.17) is 4.74 Å². The Hall–Kier alpha value is -1.22. The van der Waals surface area contributed by atoms with Crippen molar-refractivity contribution >= 4 is 5.69 Å². The normalized spacial score (nSPS) is 15.2. The zero-order valence-corrected chi connectivity index (χ0v) is 13.8. The van der Waals surface area contributed by atoms with Crippen molar-refractivity contribution in [2.24, 2.45) is 0 Å². The molecule has 1 atom stereocenters. The van der Waals surface area contributed by atoms with Gasteiger partial charge in [0.05, 0.1) is 5.69 Å². The number of rotatable bonds is 8. The largest absolute Gasteiger partial charge is 0.490 e. The van der Waals surface area contributed by atoms with Crippen LogP contribution >= 0.6 is 0 Å². The van der Waals surface area contributed by atoms with Crippen molar-refractivity contribution in [2.75, 3.05) is 31.6 Å². The molecule has 1 aliphatic heterocycles. The van der Waals surface area contributed by atoms with Crippen LogP contribution in [0.5, 0.6) is 5.75 Å². The van der Waals surface area contributed by atoms with Gasteiger partial charge < -0.3 is 15.0 Å². The summed E-state index contributed by atoms with van der Waals surface area (Å²) in [7, 11) is 0. The van der Waals surface area contributed by atoms with E-state index >= 15 is 0 Å². The van der Waals surface area contributed by atoms with Crippen molar-refractivity contribution in [3.63, 3.8) is 0 Å². The Morgan fingerprint density at radius 2 is 2.14 bits per heavy atom. The van der Waals surface area contributed by atoms with Crippen LogP contribution in [0.1, 0.15) is 45.6 Å². The number of benzene rings is 1. The minimum atomic E-state index is 0.643. The molecule has 0 saturated heterocycles. The average Bonchev–Trinajstić information content (AvgIpc) is 2.54. The molecule has 0 aliphatic carbocycles. The molecule has 1 N–H and O–H groups in total. The lowest BCUT2D eigenvalue weighted by atomic mass is 10.0. The molecule has 1 heterocycles. The van der Waals surface area contributed by atoms with Gasteiger partial charge >= 0.3 is 0 Å². The lowest BCUT2D eigenvalue weighted by Crippen LogP contribution is -2.37. The Morgan fingerprint density at radius 1 is 1.29 bits per heavy atom. The average molecular weight is 290 g/mol. The van der Waals surface area contributed by atoms with Crippen molar-refractivity contribution < 1.29 is 4.74 Å². The molecule has 0 spiro atoms.